The Hall–Kier alpha value is -3.19. The highest BCUT2D eigenvalue weighted by atomic mass is 32.1. The van der Waals surface area contributed by atoms with E-state index in [0.717, 1.165) is 39.7 Å². The van der Waals surface area contributed by atoms with Crippen LogP contribution in [0.2, 0.25) is 0 Å². The first-order valence-electron chi connectivity index (χ1n) is 9.41. The maximum atomic E-state index is 14.2. The lowest BCUT2D eigenvalue weighted by molar-refractivity contribution is -0.118. The van der Waals surface area contributed by atoms with Crippen LogP contribution in [0, 0.1) is 25.5 Å². The molecule has 2 heterocycles. The Balaban J connectivity index is 1.73. The summed E-state index contributed by atoms with van der Waals surface area (Å²) in [7, 11) is 0. The maximum absolute atomic E-state index is 14.2. The number of anilines is 1. The van der Waals surface area contributed by atoms with E-state index in [1.807, 2.05) is 38.1 Å². The van der Waals surface area contributed by atoms with Crippen LogP contribution in [0.4, 0.5) is 13.9 Å². The van der Waals surface area contributed by atoms with Crippen molar-refractivity contribution in [2.75, 3.05) is 4.90 Å². The number of rotatable bonds is 5. The van der Waals surface area contributed by atoms with E-state index in [9.17, 15) is 13.6 Å². The first kappa shape index (κ1) is 20.1. The van der Waals surface area contributed by atoms with Gasteiger partial charge in [-0.05, 0) is 42.7 Å². The van der Waals surface area contributed by atoms with Crippen molar-refractivity contribution < 1.29 is 13.6 Å². The molecule has 0 atom stereocenters. The highest BCUT2D eigenvalue weighted by molar-refractivity contribution is 7.22. The Morgan fingerprint density at radius 2 is 1.97 bits per heavy atom. The number of pyridine rings is 1. The molecule has 30 heavy (non-hydrogen) atoms. The fourth-order valence-corrected chi connectivity index (χ4v) is 4.27. The van der Waals surface area contributed by atoms with Crippen molar-refractivity contribution in [3.8, 4) is 0 Å². The zero-order valence-electron chi connectivity index (χ0n) is 16.5. The second-order valence-electron chi connectivity index (χ2n) is 7.18. The molecule has 0 aliphatic carbocycles. The molecule has 2 aromatic carbocycles. The molecule has 0 N–H and O–H groups in total. The summed E-state index contributed by atoms with van der Waals surface area (Å²) in [6.07, 6.45) is 3.51. The molecule has 152 valence electrons. The van der Waals surface area contributed by atoms with Crippen molar-refractivity contribution in [2.24, 2.45) is 0 Å². The maximum Gasteiger partial charge on any atom is 0.233 e. The first-order chi connectivity index (χ1) is 14.4. The molecule has 4 aromatic rings. The smallest absolute Gasteiger partial charge is 0.233 e. The van der Waals surface area contributed by atoms with Gasteiger partial charge in [0.05, 0.1) is 17.7 Å². The van der Waals surface area contributed by atoms with Gasteiger partial charge < -0.3 is 0 Å². The monoisotopic (exact) mass is 423 g/mol. The normalized spacial score (nSPS) is 11.1. The van der Waals surface area contributed by atoms with Crippen molar-refractivity contribution in [3.63, 3.8) is 0 Å². The van der Waals surface area contributed by atoms with Crippen molar-refractivity contribution in [1.29, 1.82) is 0 Å². The number of hydrogen-bond donors (Lipinski definition) is 0. The van der Waals surface area contributed by atoms with Gasteiger partial charge in [0, 0.05) is 18.5 Å². The molecule has 0 aliphatic heterocycles. The average molecular weight is 423 g/mol. The molecule has 0 radical (unpaired) electrons. The Bertz CT molecular complexity index is 1220. The van der Waals surface area contributed by atoms with Gasteiger partial charge in [0.25, 0.3) is 0 Å². The van der Waals surface area contributed by atoms with Gasteiger partial charge in [-0.25, -0.2) is 13.8 Å². The number of hydrogen-bond acceptors (Lipinski definition) is 4. The summed E-state index contributed by atoms with van der Waals surface area (Å²) in [5, 5.41) is 0.327. The summed E-state index contributed by atoms with van der Waals surface area (Å²) in [6.45, 7) is 4.18. The summed E-state index contributed by atoms with van der Waals surface area (Å²) in [5.41, 5.74) is 3.90. The quantitative estimate of drug-likeness (QED) is 0.434. The number of carbonyl (C=O) groups is 1. The number of nitrogens with zero attached hydrogens (tertiary/aromatic N) is 3. The number of carbonyl (C=O) groups excluding carboxylic acids is 1. The molecule has 0 fully saturated rings. The van der Waals surface area contributed by atoms with Crippen molar-refractivity contribution >= 4 is 32.6 Å². The Labute approximate surface area is 176 Å². The topological polar surface area (TPSA) is 46.1 Å². The summed E-state index contributed by atoms with van der Waals surface area (Å²) in [5.74, 6) is -1.58. The molecule has 4 nitrogen and oxygen atoms in total. The number of aryl methyl sites for hydroxylation is 2. The molecule has 0 saturated carbocycles. The number of aromatic nitrogens is 2. The third-order valence-corrected chi connectivity index (χ3v) is 5.87. The third-order valence-electron chi connectivity index (χ3n) is 4.84. The van der Waals surface area contributed by atoms with Gasteiger partial charge >= 0.3 is 0 Å². The standard InChI is InChI=1S/C23H19F2N3OS/c1-14-5-6-15(2)17(8-14)9-21(29)28(13-16-4-3-7-26-12-16)23-27-22-19(25)10-18(24)11-20(22)30-23/h3-8,10-12H,9,13H2,1-2H3. The minimum absolute atomic E-state index is 0.0622. The minimum atomic E-state index is -0.740. The van der Waals surface area contributed by atoms with Crippen LogP contribution in [0.15, 0.2) is 54.9 Å². The number of amides is 1. The van der Waals surface area contributed by atoms with E-state index in [0.29, 0.717) is 9.83 Å². The molecule has 4 rings (SSSR count). The van der Waals surface area contributed by atoms with Crippen LogP contribution >= 0.6 is 11.3 Å². The molecule has 0 bridgehead atoms. The summed E-state index contributed by atoms with van der Waals surface area (Å²) in [6, 6.07) is 11.7. The van der Waals surface area contributed by atoms with E-state index in [2.05, 4.69) is 9.97 Å². The first-order valence-corrected chi connectivity index (χ1v) is 10.2. The lowest BCUT2D eigenvalue weighted by Crippen LogP contribution is -2.32. The zero-order chi connectivity index (χ0) is 21.3. The van der Waals surface area contributed by atoms with E-state index >= 15 is 0 Å². The summed E-state index contributed by atoms with van der Waals surface area (Å²) >= 11 is 1.09. The van der Waals surface area contributed by atoms with E-state index in [4.69, 9.17) is 0 Å². The zero-order valence-corrected chi connectivity index (χ0v) is 17.3. The Kier molecular flexibility index (Phi) is 5.55. The van der Waals surface area contributed by atoms with E-state index in [-0.39, 0.29) is 24.4 Å². The predicted octanol–water partition coefficient (Wildman–Crippen LogP) is 5.36. The summed E-state index contributed by atoms with van der Waals surface area (Å²) in [4.78, 5) is 23.2. The predicted molar refractivity (Wildman–Crippen MR) is 115 cm³/mol. The van der Waals surface area contributed by atoms with Gasteiger partial charge in [0.2, 0.25) is 5.91 Å². The van der Waals surface area contributed by atoms with Gasteiger partial charge in [-0.15, -0.1) is 0 Å². The Morgan fingerprint density at radius 1 is 1.13 bits per heavy atom. The molecule has 0 aliphatic rings. The SMILES string of the molecule is Cc1ccc(C)c(CC(=O)N(Cc2cccnc2)c2nc3c(F)cc(F)cc3s2)c1. The minimum Gasteiger partial charge on any atom is -0.283 e. The van der Waals surface area contributed by atoms with Crippen LogP contribution in [-0.4, -0.2) is 15.9 Å². The van der Waals surface area contributed by atoms with Gasteiger partial charge in [0.15, 0.2) is 10.9 Å². The van der Waals surface area contributed by atoms with E-state index in [1.165, 1.54) is 11.0 Å². The van der Waals surface area contributed by atoms with Crippen LogP contribution in [0.3, 0.4) is 0 Å². The lowest BCUT2D eigenvalue weighted by Gasteiger charge is -2.20. The van der Waals surface area contributed by atoms with Gasteiger partial charge in [-0.2, -0.15) is 0 Å². The third kappa shape index (κ3) is 4.21. The van der Waals surface area contributed by atoms with Gasteiger partial charge in [0.1, 0.15) is 11.3 Å². The van der Waals surface area contributed by atoms with Crippen LogP contribution < -0.4 is 4.90 Å². The van der Waals surface area contributed by atoms with Crippen molar-refractivity contribution in [3.05, 3.63) is 88.7 Å². The summed E-state index contributed by atoms with van der Waals surface area (Å²) < 4.78 is 28.2. The largest absolute Gasteiger partial charge is 0.283 e. The number of fused-ring (bicyclic) bond motifs is 1. The molecule has 7 heteroatoms. The van der Waals surface area contributed by atoms with Crippen LogP contribution in [0.25, 0.3) is 10.2 Å². The Morgan fingerprint density at radius 3 is 2.73 bits per heavy atom. The van der Waals surface area contributed by atoms with Crippen LogP contribution in [0.1, 0.15) is 22.3 Å². The molecular weight excluding hydrogens is 404 g/mol. The molecule has 0 unspecified atom stereocenters. The van der Waals surface area contributed by atoms with Crippen LogP contribution in [0.5, 0.6) is 0 Å². The second kappa shape index (κ2) is 8.28. The van der Waals surface area contributed by atoms with Crippen molar-refractivity contribution in [2.45, 2.75) is 26.8 Å². The number of thiazole rings is 1. The molecule has 0 spiro atoms. The molecule has 0 saturated heterocycles. The molecule has 2 aromatic heterocycles. The lowest BCUT2D eigenvalue weighted by atomic mass is 10.0. The number of halogens is 2. The van der Waals surface area contributed by atoms with Crippen LogP contribution in [-0.2, 0) is 17.8 Å². The van der Waals surface area contributed by atoms with E-state index in [1.54, 1.807) is 18.5 Å². The second-order valence-corrected chi connectivity index (χ2v) is 8.19. The molecule has 1 amide bonds. The highest BCUT2D eigenvalue weighted by Crippen LogP contribution is 2.32. The average Bonchev–Trinajstić information content (AvgIpc) is 3.13. The van der Waals surface area contributed by atoms with Gasteiger partial charge in [-0.3, -0.25) is 14.7 Å². The number of benzene rings is 2. The fourth-order valence-electron chi connectivity index (χ4n) is 3.25. The fraction of sp³-hybridized carbons (Fsp3) is 0.174. The van der Waals surface area contributed by atoms with Gasteiger partial charge in [-0.1, -0.05) is 41.2 Å². The highest BCUT2D eigenvalue weighted by Gasteiger charge is 2.22. The van der Waals surface area contributed by atoms with Crippen molar-refractivity contribution in [1.82, 2.24) is 9.97 Å². The molecular formula is C23H19F2N3OS. The van der Waals surface area contributed by atoms with E-state index < -0.39 is 11.6 Å².